The van der Waals surface area contributed by atoms with E-state index in [1.807, 2.05) is 13.8 Å². The molecule has 0 saturated heterocycles. The maximum absolute atomic E-state index is 13.0. The van der Waals surface area contributed by atoms with Gasteiger partial charge < -0.3 is 10.1 Å². The smallest absolute Gasteiger partial charge is 0.125 e. The van der Waals surface area contributed by atoms with Crippen molar-refractivity contribution in [3.8, 4) is 0 Å². The Balaban J connectivity index is 2.64. The number of methoxy groups -OCH3 is 1. The van der Waals surface area contributed by atoms with Gasteiger partial charge in [0, 0.05) is 18.1 Å². The predicted octanol–water partition coefficient (Wildman–Crippen LogP) is 4.47. The van der Waals surface area contributed by atoms with Crippen LogP contribution in [0.3, 0.4) is 0 Å². The number of anilines is 1. The van der Waals surface area contributed by atoms with Crippen LogP contribution in [0.2, 0.25) is 5.02 Å². The Labute approximate surface area is 115 Å². The van der Waals surface area contributed by atoms with E-state index in [0.29, 0.717) is 21.7 Å². The number of hydrogen-bond acceptors (Lipinski definition) is 2. The van der Waals surface area contributed by atoms with Gasteiger partial charge in [0.1, 0.15) is 5.82 Å². The van der Waals surface area contributed by atoms with Crippen LogP contribution < -0.4 is 5.32 Å². The van der Waals surface area contributed by atoms with Crippen molar-refractivity contribution in [3.05, 3.63) is 27.4 Å². The van der Waals surface area contributed by atoms with Gasteiger partial charge in [0.2, 0.25) is 0 Å². The highest BCUT2D eigenvalue weighted by atomic mass is 79.9. The van der Waals surface area contributed by atoms with E-state index < -0.39 is 0 Å². The number of benzene rings is 1. The molecule has 0 spiro atoms. The van der Waals surface area contributed by atoms with Gasteiger partial charge in [-0.1, -0.05) is 11.6 Å². The van der Waals surface area contributed by atoms with Gasteiger partial charge in [-0.25, -0.2) is 4.39 Å². The minimum absolute atomic E-state index is 0.189. The highest BCUT2D eigenvalue weighted by Gasteiger charge is 2.16. The molecule has 0 bridgehead atoms. The second kappa shape index (κ2) is 6.03. The Kier molecular flexibility index (Phi) is 5.22. The summed E-state index contributed by atoms with van der Waals surface area (Å²) in [6.45, 7) is 4.72. The van der Waals surface area contributed by atoms with Crippen LogP contribution in [0.25, 0.3) is 0 Å². The second-order valence-corrected chi connectivity index (χ2v) is 5.65. The molecule has 0 aliphatic rings. The summed E-state index contributed by atoms with van der Waals surface area (Å²) >= 11 is 9.23. The molecule has 0 aliphatic heterocycles. The van der Waals surface area contributed by atoms with Crippen LogP contribution in [0.5, 0.6) is 0 Å². The van der Waals surface area contributed by atoms with Crippen LogP contribution in [-0.2, 0) is 4.74 Å². The first-order chi connectivity index (χ1) is 7.85. The summed E-state index contributed by atoms with van der Waals surface area (Å²) < 4.78 is 18.9. The van der Waals surface area contributed by atoms with Crippen molar-refractivity contribution in [2.75, 3.05) is 19.0 Å². The molecule has 0 atom stereocenters. The monoisotopic (exact) mass is 323 g/mol. The molecule has 96 valence electrons. The molecule has 17 heavy (non-hydrogen) atoms. The molecule has 1 N–H and O–H groups in total. The number of ether oxygens (including phenoxy) is 1. The first-order valence-corrected chi connectivity index (χ1v) is 6.46. The summed E-state index contributed by atoms with van der Waals surface area (Å²) in [7, 11) is 1.68. The zero-order valence-electron chi connectivity index (χ0n) is 10.1. The van der Waals surface area contributed by atoms with E-state index in [0.717, 1.165) is 6.42 Å². The Morgan fingerprint density at radius 1 is 1.47 bits per heavy atom. The average molecular weight is 325 g/mol. The second-order valence-electron chi connectivity index (χ2n) is 4.39. The minimum atomic E-state index is -0.357. The summed E-state index contributed by atoms with van der Waals surface area (Å²) in [5, 5.41) is 3.54. The van der Waals surface area contributed by atoms with Crippen molar-refractivity contribution >= 4 is 33.2 Å². The molecule has 0 unspecified atom stereocenters. The largest absolute Gasteiger partial charge is 0.383 e. The Bertz CT molecular complexity index is 375. The molecule has 0 amide bonds. The summed E-state index contributed by atoms with van der Waals surface area (Å²) in [6, 6.07) is 2.67. The van der Waals surface area contributed by atoms with Crippen molar-refractivity contribution in [2.45, 2.75) is 25.9 Å². The van der Waals surface area contributed by atoms with Crippen LogP contribution in [-0.4, -0.2) is 19.3 Å². The third kappa shape index (κ3) is 4.45. The van der Waals surface area contributed by atoms with Gasteiger partial charge in [-0.05, 0) is 48.3 Å². The molecule has 2 nitrogen and oxygen atoms in total. The van der Waals surface area contributed by atoms with E-state index in [-0.39, 0.29) is 11.4 Å². The molecule has 1 aromatic carbocycles. The third-order valence-electron chi connectivity index (χ3n) is 2.59. The van der Waals surface area contributed by atoms with E-state index in [1.165, 1.54) is 12.1 Å². The molecular formula is C12H16BrClFNO. The lowest BCUT2D eigenvalue weighted by Gasteiger charge is -2.23. The highest BCUT2D eigenvalue weighted by Crippen LogP contribution is 2.31. The normalized spacial score (nSPS) is 11.6. The highest BCUT2D eigenvalue weighted by molar-refractivity contribution is 9.10. The first-order valence-electron chi connectivity index (χ1n) is 5.29. The van der Waals surface area contributed by atoms with Crippen molar-refractivity contribution in [2.24, 2.45) is 0 Å². The lowest BCUT2D eigenvalue weighted by atomic mass is 10.1. The predicted molar refractivity (Wildman–Crippen MR) is 73.3 cm³/mol. The summed E-state index contributed by atoms with van der Waals surface area (Å²) in [5.41, 5.74) is 0.520. The van der Waals surface area contributed by atoms with Gasteiger partial charge >= 0.3 is 0 Å². The lowest BCUT2D eigenvalue weighted by Crippen LogP contribution is -2.25. The molecule has 0 saturated carbocycles. The molecule has 0 aromatic heterocycles. The zero-order valence-corrected chi connectivity index (χ0v) is 12.5. The molecule has 1 aromatic rings. The number of halogens is 3. The van der Waals surface area contributed by atoms with E-state index in [9.17, 15) is 4.39 Å². The van der Waals surface area contributed by atoms with Gasteiger partial charge in [-0.15, -0.1) is 0 Å². The zero-order chi connectivity index (χ0) is 13.1. The van der Waals surface area contributed by atoms with E-state index in [2.05, 4.69) is 21.2 Å². The summed E-state index contributed by atoms with van der Waals surface area (Å²) in [5.74, 6) is -0.357. The average Bonchev–Trinajstić information content (AvgIpc) is 2.22. The summed E-state index contributed by atoms with van der Waals surface area (Å²) in [6.07, 6.45) is 0.823. The Hall–Kier alpha value is -0.320. The maximum atomic E-state index is 13.0. The number of nitrogens with one attached hydrogen (secondary N) is 1. The summed E-state index contributed by atoms with van der Waals surface area (Å²) in [4.78, 5) is 0. The number of rotatable bonds is 5. The van der Waals surface area contributed by atoms with Crippen LogP contribution in [0.1, 0.15) is 20.3 Å². The first kappa shape index (κ1) is 14.7. The van der Waals surface area contributed by atoms with Gasteiger partial charge in [0.05, 0.1) is 16.3 Å². The molecule has 1 rings (SSSR count). The molecular weight excluding hydrogens is 308 g/mol. The fourth-order valence-corrected chi connectivity index (χ4v) is 2.26. The van der Waals surface area contributed by atoms with Crippen LogP contribution >= 0.6 is 27.5 Å². The van der Waals surface area contributed by atoms with Crippen LogP contribution in [0.15, 0.2) is 16.6 Å². The molecule has 0 aliphatic carbocycles. The van der Waals surface area contributed by atoms with Gasteiger partial charge in [0.25, 0.3) is 0 Å². The molecule has 0 radical (unpaired) electrons. The third-order valence-corrected chi connectivity index (χ3v) is 3.51. The van der Waals surface area contributed by atoms with Crippen LogP contribution in [0.4, 0.5) is 10.1 Å². The molecule has 5 heteroatoms. The SMILES string of the molecule is COC(C)(C)CCNc1c(Cl)cc(F)cc1Br. The van der Waals surface area contributed by atoms with Crippen LogP contribution in [0, 0.1) is 5.82 Å². The van der Waals surface area contributed by atoms with Crippen molar-refractivity contribution < 1.29 is 9.13 Å². The van der Waals surface area contributed by atoms with Crippen molar-refractivity contribution in [3.63, 3.8) is 0 Å². The Morgan fingerprint density at radius 3 is 2.65 bits per heavy atom. The Morgan fingerprint density at radius 2 is 2.12 bits per heavy atom. The van der Waals surface area contributed by atoms with E-state index in [1.54, 1.807) is 7.11 Å². The molecule has 0 heterocycles. The van der Waals surface area contributed by atoms with Gasteiger partial charge in [-0.3, -0.25) is 0 Å². The quantitative estimate of drug-likeness (QED) is 0.863. The van der Waals surface area contributed by atoms with E-state index in [4.69, 9.17) is 16.3 Å². The van der Waals surface area contributed by atoms with Crippen molar-refractivity contribution in [1.29, 1.82) is 0 Å². The fourth-order valence-electron chi connectivity index (χ4n) is 1.30. The minimum Gasteiger partial charge on any atom is -0.383 e. The van der Waals surface area contributed by atoms with Gasteiger partial charge in [-0.2, -0.15) is 0 Å². The van der Waals surface area contributed by atoms with Crippen molar-refractivity contribution in [1.82, 2.24) is 0 Å². The maximum Gasteiger partial charge on any atom is 0.125 e. The molecule has 0 fully saturated rings. The van der Waals surface area contributed by atoms with E-state index >= 15 is 0 Å². The standard InChI is InChI=1S/C12H16BrClFNO/c1-12(2,17-3)4-5-16-11-9(13)6-8(15)7-10(11)14/h6-7,16H,4-5H2,1-3H3. The topological polar surface area (TPSA) is 21.3 Å². The van der Waals surface area contributed by atoms with Gasteiger partial charge in [0.15, 0.2) is 0 Å². The number of hydrogen-bond donors (Lipinski definition) is 1. The fraction of sp³-hybridized carbons (Fsp3) is 0.500. The lowest BCUT2D eigenvalue weighted by molar-refractivity contribution is 0.0185.